The third-order valence-electron chi connectivity index (χ3n) is 2.67. The number of amides is 2. The Morgan fingerprint density at radius 3 is 1.24 bits per heavy atom. The molecule has 2 aromatic carbocycles. The zero-order valence-electron chi connectivity index (χ0n) is 13.0. The van der Waals surface area contributed by atoms with Crippen LogP contribution in [0.3, 0.4) is 0 Å². The van der Waals surface area contributed by atoms with Gasteiger partial charge in [0.05, 0.1) is 0 Å². The lowest BCUT2D eigenvalue weighted by molar-refractivity contribution is -0.134. The number of benzene rings is 2. The van der Waals surface area contributed by atoms with Gasteiger partial charge in [0.1, 0.15) is 0 Å². The Balaban J connectivity index is 0.000000333. The van der Waals surface area contributed by atoms with Crippen molar-refractivity contribution < 1.29 is 29.4 Å². The van der Waals surface area contributed by atoms with Crippen LogP contribution in [0.25, 0.3) is 0 Å². The molecule has 0 aromatic heterocycles. The van der Waals surface area contributed by atoms with E-state index in [1.807, 2.05) is 12.1 Å². The quantitative estimate of drug-likeness (QED) is 0.577. The maximum absolute atomic E-state index is 11.7. The molecular formula is C18H15NO6. The molecule has 0 aliphatic heterocycles. The first kappa shape index (κ1) is 19.3. The van der Waals surface area contributed by atoms with Crippen molar-refractivity contribution in [1.82, 2.24) is 5.32 Å². The largest absolute Gasteiger partial charge is 0.478 e. The Morgan fingerprint density at radius 2 is 0.960 bits per heavy atom. The normalized spacial score (nSPS) is 9.60. The Labute approximate surface area is 143 Å². The second-order valence-electron chi connectivity index (χ2n) is 4.53. The third-order valence-corrected chi connectivity index (χ3v) is 2.67. The fraction of sp³-hybridized carbons (Fsp3) is 0. The van der Waals surface area contributed by atoms with E-state index in [0.717, 1.165) is 0 Å². The van der Waals surface area contributed by atoms with E-state index in [-0.39, 0.29) is 11.8 Å². The van der Waals surface area contributed by atoms with Gasteiger partial charge in [0.15, 0.2) is 0 Å². The fourth-order valence-corrected chi connectivity index (χ4v) is 1.57. The smallest absolute Gasteiger partial charge is 0.328 e. The number of carbonyl (C=O) groups excluding carboxylic acids is 2. The van der Waals surface area contributed by atoms with Gasteiger partial charge in [0.25, 0.3) is 11.8 Å². The van der Waals surface area contributed by atoms with E-state index in [2.05, 4.69) is 5.32 Å². The Hall–Kier alpha value is -3.74. The molecule has 7 nitrogen and oxygen atoms in total. The summed E-state index contributed by atoms with van der Waals surface area (Å²) in [6, 6.07) is 17.3. The lowest BCUT2D eigenvalue weighted by atomic mass is 10.2. The van der Waals surface area contributed by atoms with Crippen LogP contribution in [0.15, 0.2) is 72.8 Å². The molecule has 0 saturated carbocycles. The van der Waals surface area contributed by atoms with E-state index in [1.165, 1.54) is 0 Å². The highest BCUT2D eigenvalue weighted by Crippen LogP contribution is 2.01. The second kappa shape index (κ2) is 10.1. The molecule has 0 aliphatic rings. The minimum Gasteiger partial charge on any atom is -0.478 e. The average Bonchev–Trinajstić information content (AvgIpc) is 2.62. The average molecular weight is 341 g/mol. The van der Waals surface area contributed by atoms with Gasteiger partial charge in [-0.3, -0.25) is 14.9 Å². The molecule has 128 valence electrons. The van der Waals surface area contributed by atoms with E-state index < -0.39 is 11.9 Å². The minimum atomic E-state index is -1.26. The third kappa shape index (κ3) is 7.89. The predicted octanol–water partition coefficient (Wildman–Crippen LogP) is 1.97. The van der Waals surface area contributed by atoms with Crippen molar-refractivity contribution >= 4 is 23.8 Å². The molecule has 0 atom stereocenters. The van der Waals surface area contributed by atoms with Crippen molar-refractivity contribution in [1.29, 1.82) is 0 Å². The van der Waals surface area contributed by atoms with Crippen LogP contribution in [0.5, 0.6) is 0 Å². The fourth-order valence-electron chi connectivity index (χ4n) is 1.57. The van der Waals surface area contributed by atoms with Crippen LogP contribution in [-0.4, -0.2) is 34.0 Å². The number of imide groups is 1. The zero-order chi connectivity index (χ0) is 18.7. The van der Waals surface area contributed by atoms with Gasteiger partial charge in [-0.05, 0) is 24.3 Å². The van der Waals surface area contributed by atoms with E-state index in [9.17, 15) is 19.2 Å². The molecule has 0 saturated heterocycles. The summed E-state index contributed by atoms with van der Waals surface area (Å²) in [6.45, 7) is 0. The Morgan fingerprint density at radius 1 is 0.640 bits per heavy atom. The van der Waals surface area contributed by atoms with E-state index in [0.29, 0.717) is 23.3 Å². The van der Waals surface area contributed by atoms with Crippen molar-refractivity contribution in [2.75, 3.05) is 0 Å². The van der Waals surface area contributed by atoms with Gasteiger partial charge >= 0.3 is 11.9 Å². The summed E-state index contributed by atoms with van der Waals surface area (Å²) in [7, 11) is 0. The second-order valence-corrected chi connectivity index (χ2v) is 4.53. The van der Waals surface area contributed by atoms with Crippen LogP contribution in [0.4, 0.5) is 0 Å². The molecule has 7 heteroatoms. The topological polar surface area (TPSA) is 121 Å². The van der Waals surface area contributed by atoms with Gasteiger partial charge in [0, 0.05) is 23.3 Å². The summed E-state index contributed by atoms with van der Waals surface area (Å²) < 4.78 is 0. The van der Waals surface area contributed by atoms with Crippen molar-refractivity contribution in [2.24, 2.45) is 0 Å². The molecule has 25 heavy (non-hydrogen) atoms. The molecule has 0 radical (unpaired) electrons. The van der Waals surface area contributed by atoms with Crippen LogP contribution >= 0.6 is 0 Å². The lowest BCUT2D eigenvalue weighted by Gasteiger charge is -2.03. The highest BCUT2D eigenvalue weighted by atomic mass is 16.4. The molecule has 0 spiro atoms. The van der Waals surface area contributed by atoms with Gasteiger partial charge in [-0.25, -0.2) is 9.59 Å². The van der Waals surface area contributed by atoms with Gasteiger partial charge < -0.3 is 10.2 Å². The van der Waals surface area contributed by atoms with Gasteiger partial charge in [-0.1, -0.05) is 36.4 Å². The number of carbonyl (C=O) groups is 4. The number of hydrogen-bond donors (Lipinski definition) is 3. The van der Waals surface area contributed by atoms with Crippen LogP contribution in [0.1, 0.15) is 20.7 Å². The lowest BCUT2D eigenvalue weighted by Crippen LogP contribution is -2.30. The standard InChI is InChI=1S/C14H11NO2.C4H4O4/c16-13(11-7-3-1-4-8-11)15-14(17)12-9-5-2-6-10-12;5-3(6)1-2-4(7)8/h1-10H,(H,15,16,17);1-2H,(H,5,6)(H,7,8)/b;2-1-. The first-order valence-electron chi connectivity index (χ1n) is 7.00. The first-order chi connectivity index (χ1) is 11.9. The maximum atomic E-state index is 11.7. The molecule has 0 unspecified atom stereocenters. The number of hydrogen-bond acceptors (Lipinski definition) is 4. The van der Waals surface area contributed by atoms with Gasteiger partial charge in [0.2, 0.25) is 0 Å². The van der Waals surface area contributed by atoms with E-state index in [1.54, 1.807) is 48.5 Å². The van der Waals surface area contributed by atoms with Gasteiger partial charge in [-0.2, -0.15) is 0 Å². The molecule has 0 aliphatic carbocycles. The monoisotopic (exact) mass is 341 g/mol. The molecule has 0 fully saturated rings. The molecule has 2 aromatic rings. The van der Waals surface area contributed by atoms with E-state index >= 15 is 0 Å². The summed E-state index contributed by atoms with van der Waals surface area (Å²) in [4.78, 5) is 42.5. The Kier molecular flexibility index (Phi) is 7.81. The number of nitrogens with one attached hydrogen (secondary N) is 1. The highest BCUT2D eigenvalue weighted by molar-refractivity contribution is 6.10. The highest BCUT2D eigenvalue weighted by Gasteiger charge is 2.10. The molecule has 0 heterocycles. The SMILES string of the molecule is O=C(NC(=O)c1ccccc1)c1ccccc1.O=C(O)/C=C\C(=O)O. The van der Waals surface area contributed by atoms with Crippen LogP contribution in [0, 0.1) is 0 Å². The molecule has 2 rings (SSSR count). The zero-order valence-corrected chi connectivity index (χ0v) is 13.0. The summed E-state index contributed by atoms with van der Waals surface area (Å²) >= 11 is 0. The van der Waals surface area contributed by atoms with Crippen LogP contribution in [-0.2, 0) is 9.59 Å². The van der Waals surface area contributed by atoms with Gasteiger partial charge in [-0.15, -0.1) is 0 Å². The molecular weight excluding hydrogens is 326 g/mol. The van der Waals surface area contributed by atoms with E-state index in [4.69, 9.17) is 10.2 Å². The molecule has 2 amide bonds. The summed E-state index contributed by atoms with van der Waals surface area (Å²) in [6.07, 6.45) is 1.12. The minimum absolute atomic E-state index is 0.389. The van der Waals surface area contributed by atoms with Crippen molar-refractivity contribution in [2.45, 2.75) is 0 Å². The Bertz CT molecular complexity index is 703. The summed E-state index contributed by atoms with van der Waals surface area (Å²) in [5.41, 5.74) is 0.938. The van der Waals surface area contributed by atoms with Crippen molar-refractivity contribution in [3.05, 3.63) is 83.9 Å². The van der Waals surface area contributed by atoms with Crippen molar-refractivity contribution in [3.63, 3.8) is 0 Å². The number of rotatable bonds is 4. The number of carboxylic acids is 2. The first-order valence-corrected chi connectivity index (χ1v) is 7.00. The van der Waals surface area contributed by atoms with Crippen molar-refractivity contribution in [3.8, 4) is 0 Å². The van der Waals surface area contributed by atoms with Crippen LogP contribution < -0.4 is 5.32 Å². The van der Waals surface area contributed by atoms with Crippen LogP contribution in [0.2, 0.25) is 0 Å². The number of carboxylic acid groups (broad SMARTS) is 2. The molecule has 0 bridgehead atoms. The number of aliphatic carboxylic acids is 2. The maximum Gasteiger partial charge on any atom is 0.328 e. The summed E-state index contributed by atoms with van der Waals surface area (Å²) in [5, 5.41) is 18.0. The summed E-state index contributed by atoms with van der Waals surface area (Å²) in [5.74, 6) is -3.29. The predicted molar refractivity (Wildman–Crippen MR) is 89.1 cm³/mol. The molecule has 3 N–H and O–H groups in total.